The van der Waals surface area contributed by atoms with Gasteiger partial charge in [0.05, 0.1) is 5.56 Å². The van der Waals surface area contributed by atoms with Crippen LogP contribution in [0.15, 0.2) is 24.3 Å². The van der Waals surface area contributed by atoms with Crippen LogP contribution in [0.25, 0.3) is 0 Å². The minimum absolute atomic E-state index is 0.0905. The first kappa shape index (κ1) is 18.6. The van der Waals surface area contributed by atoms with Crippen LogP contribution < -0.4 is 0 Å². The summed E-state index contributed by atoms with van der Waals surface area (Å²) in [4.78, 5) is 13.5. The molecule has 0 radical (unpaired) electrons. The highest BCUT2D eigenvalue weighted by Gasteiger charge is 2.42. The van der Waals surface area contributed by atoms with Gasteiger partial charge in [-0.2, -0.15) is 13.2 Å². The number of hydrogen-bond donors (Lipinski definition) is 1. The molecule has 0 bridgehead atoms. The zero-order valence-electron chi connectivity index (χ0n) is 13.9. The van der Waals surface area contributed by atoms with Crippen molar-refractivity contribution in [1.82, 2.24) is 4.90 Å². The number of alkyl halides is 3. The maximum atomic E-state index is 13.2. The normalized spacial score (nSPS) is 21.9. The molecule has 24 heavy (non-hydrogen) atoms. The summed E-state index contributed by atoms with van der Waals surface area (Å²) in [6, 6.07) is 5.31. The van der Waals surface area contributed by atoms with E-state index in [1.54, 1.807) is 20.8 Å². The molecule has 4 nitrogen and oxygen atoms in total. The molecule has 0 spiro atoms. The standard InChI is InChI=1S/C17H22F3NO3/c1-16(2,3)24-15(23)21-8-11(10-22)13(9-21)12-6-4-5-7-14(12)17(18,19)20/h4-7,11,13,22H,8-10H2,1-3H3/t11-,13+/m0/s1. The van der Waals surface area contributed by atoms with Crippen LogP contribution in [0.3, 0.4) is 0 Å². The molecule has 1 heterocycles. The van der Waals surface area contributed by atoms with Gasteiger partial charge in [0.1, 0.15) is 5.60 Å². The Hall–Kier alpha value is -1.76. The Bertz CT molecular complexity index is 595. The lowest BCUT2D eigenvalue weighted by Crippen LogP contribution is -2.35. The largest absolute Gasteiger partial charge is 0.444 e. The molecular weight excluding hydrogens is 323 g/mol. The van der Waals surface area contributed by atoms with Crippen LogP contribution in [0.5, 0.6) is 0 Å². The number of likely N-dealkylation sites (tertiary alicyclic amines) is 1. The molecule has 2 rings (SSSR count). The number of carbonyl (C=O) groups is 1. The maximum Gasteiger partial charge on any atom is 0.416 e. The van der Waals surface area contributed by atoms with Gasteiger partial charge in [-0.25, -0.2) is 4.79 Å². The monoisotopic (exact) mass is 345 g/mol. The third kappa shape index (κ3) is 4.20. The average molecular weight is 345 g/mol. The molecule has 1 amide bonds. The average Bonchev–Trinajstić information content (AvgIpc) is 2.89. The minimum Gasteiger partial charge on any atom is -0.444 e. The number of nitrogens with zero attached hydrogens (tertiary/aromatic N) is 1. The molecular formula is C17H22F3NO3. The fraction of sp³-hybridized carbons (Fsp3) is 0.588. The predicted octanol–water partition coefficient (Wildman–Crippen LogP) is 3.65. The van der Waals surface area contributed by atoms with Crippen LogP contribution in [-0.2, 0) is 10.9 Å². The molecule has 0 aliphatic carbocycles. The van der Waals surface area contributed by atoms with E-state index in [2.05, 4.69) is 0 Å². The van der Waals surface area contributed by atoms with Crippen molar-refractivity contribution in [3.63, 3.8) is 0 Å². The van der Waals surface area contributed by atoms with Crippen LogP contribution >= 0.6 is 0 Å². The first-order chi connectivity index (χ1) is 11.0. The van der Waals surface area contributed by atoms with E-state index in [0.717, 1.165) is 6.07 Å². The van der Waals surface area contributed by atoms with Gasteiger partial charge in [-0.05, 0) is 32.4 Å². The van der Waals surface area contributed by atoms with Gasteiger partial charge in [-0.15, -0.1) is 0 Å². The fourth-order valence-electron chi connectivity index (χ4n) is 2.96. The third-order valence-corrected chi connectivity index (χ3v) is 3.99. The van der Waals surface area contributed by atoms with Gasteiger partial charge in [0.15, 0.2) is 0 Å². The molecule has 1 fully saturated rings. The van der Waals surface area contributed by atoms with E-state index < -0.39 is 35.3 Å². The number of amides is 1. The van der Waals surface area contributed by atoms with Gasteiger partial charge in [0.25, 0.3) is 0 Å². The number of hydrogen-bond acceptors (Lipinski definition) is 3. The SMILES string of the molecule is CC(C)(C)OC(=O)N1C[C@@H](CO)[C@H](c2ccccc2C(F)(F)F)C1. The highest BCUT2D eigenvalue weighted by atomic mass is 19.4. The molecule has 134 valence electrons. The molecule has 7 heteroatoms. The van der Waals surface area contributed by atoms with Crippen molar-refractivity contribution in [3.05, 3.63) is 35.4 Å². The summed E-state index contributed by atoms with van der Waals surface area (Å²) in [7, 11) is 0. The molecule has 0 saturated carbocycles. The zero-order chi connectivity index (χ0) is 18.1. The van der Waals surface area contributed by atoms with Crippen LogP contribution in [0, 0.1) is 5.92 Å². The molecule has 2 atom stereocenters. The molecule has 0 aromatic heterocycles. The van der Waals surface area contributed by atoms with Crippen molar-refractivity contribution in [3.8, 4) is 0 Å². The Kier molecular flexibility index (Phi) is 5.13. The van der Waals surface area contributed by atoms with Crippen LogP contribution in [0.4, 0.5) is 18.0 Å². The lowest BCUT2D eigenvalue weighted by molar-refractivity contribution is -0.138. The second-order valence-corrected chi connectivity index (χ2v) is 7.02. The molecule has 1 N–H and O–H groups in total. The number of aliphatic hydroxyl groups is 1. The molecule has 1 aromatic rings. The summed E-state index contributed by atoms with van der Waals surface area (Å²) < 4.78 is 45.0. The second kappa shape index (κ2) is 6.63. The molecule has 1 aliphatic heterocycles. The quantitative estimate of drug-likeness (QED) is 0.890. The zero-order valence-corrected chi connectivity index (χ0v) is 13.9. The van der Waals surface area contributed by atoms with Gasteiger partial charge in [-0.3, -0.25) is 0 Å². The number of carbonyl (C=O) groups excluding carboxylic acids is 1. The number of aliphatic hydroxyl groups excluding tert-OH is 1. The van der Waals surface area contributed by atoms with Crippen molar-refractivity contribution in [2.75, 3.05) is 19.7 Å². The first-order valence-electron chi connectivity index (χ1n) is 7.78. The van der Waals surface area contributed by atoms with Gasteiger partial charge in [0.2, 0.25) is 0 Å². The van der Waals surface area contributed by atoms with E-state index in [4.69, 9.17) is 4.74 Å². The summed E-state index contributed by atoms with van der Waals surface area (Å²) in [5.74, 6) is -1.04. The van der Waals surface area contributed by atoms with Crippen LogP contribution in [0.2, 0.25) is 0 Å². The van der Waals surface area contributed by atoms with Crippen molar-refractivity contribution in [2.45, 2.75) is 38.5 Å². The summed E-state index contributed by atoms with van der Waals surface area (Å²) >= 11 is 0. The highest BCUT2D eigenvalue weighted by Crippen LogP contribution is 2.40. The van der Waals surface area contributed by atoms with E-state index in [9.17, 15) is 23.1 Å². The summed E-state index contributed by atoms with van der Waals surface area (Å²) in [6.45, 7) is 5.13. The Morgan fingerprint density at radius 2 is 1.88 bits per heavy atom. The predicted molar refractivity (Wildman–Crippen MR) is 82.6 cm³/mol. The molecule has 1 aliphatic rings. The number of benzene rings is 1. The smallest absolute Gasteiger partial charge is 0.416 e. The fourth-order valence-corrected chi connectivity index (χ4v) is 2.96. The summed E-state index contributed by atoms with van der Waals surface area (Å²) in [5.41, 5.74) is -1.30. The third-order valence-electron chi connectivity index (χ3n) is 3.99. The van der Waals surface area contributed by atoms with Gasteiger partial charge in [0, 0.05) is 31.5 Å². The van der Waals surface area contributed by atoms with Crippen molar-refractivity contribution in [2.24, 2.45) is 5.92 Å². The van der Waals surface area contributed by atoms with E-state index >= 15 is 0 Å². The van der Waals surface area contributed by atoms with E-state index in [0.29, 0.717) is 0 Å². The Labute approximate surface area is 139 Å². The molecule has 1 aromatic carbocycles. The Morgan fingerprint density at radius 1 is 1.25 bits per heavy atom. The van der Waals surface area contributed by atoms with Crippen molar-refractivity contribution >= 4 is 6.09 Å². The number of halogens is 3. The molecule has 1 saturated heterocycles. The number of ether oxygens (including phenoxy) is 1. The van der Waals surface area contributed by atoms with E-state index in [1.807, 2.05) is 0 Å². The summed E-state index contributed by atoms with van der Waals surface area (Å²) in [6.07, 6.45) is -5.05. The topological polar surface area (TPSA) is 49.8 Å². The van der Waals surface area contributed by atoms with E-state index in [1.165, 1.54) is 23.1 Å². The minimum atomic E-state index is -4.48. The van der Waals surface area contributed by atoms with Gasteiger partial charge in [-0.1, -0.05) is 18.2 Å². The maximum absolute atomic E-state index is 13.2. The Morgan fingerprint density at radius 3 is 2.42 bits per heavy atom. The highest BCUT2D eigenvalue weighted by molar-refractivity contribution is 5.69. The van der Waals surface area contributed by atoms with Gasteiger partial charge >= 0.3 is 12.3 Å². The van der Waals surface area contributed by atoms with Crippen LogP contribution in [-0.4, -0.2) is 41.4 Å². The molecule has 0 unspecified atom stereocenters. The lowest BCUT2D eigenvalue weighted by Gasteiger charge is -2.24. The van der Waals surface area contributed by atoms with Crippen molar-refractivity contribution in [1.29, 1.82) is 0 Å². The second-order valence-electron chi connectivity index (χ2n) is 7.02. The van der Waals surface area contributed by atoms with Crippen LogP contribution in [0.1, 0.15) is 37.8 Å². The van der Waals surface area contributed by atoms with E-state index in [-0.39, 0.29) is 25.3 Å². The number of rotatable bonds is 2. The Balaban J connectivity index is 2.27. The van der Waals surface area contributed by atoms with Crippen molar-refractivity contribution < 1.29 is 27.8 Å². The first-order valence-corrected chi connectivity index (χ1v) is 7.78. The lowest BCUT2D eigenvalue weighted by atomic mass is 9.86. The summed E-state index contributed by atoms with van der Waals surface area (Å²) in [5, 5.41) is 9.56. The van der Waals surface area contributed by atoms with Gasteiger partial charge < -0.3 is 14.7 Å².